The van der Waals surface area contributed by atoms with E-state index in [2.05, 4.69) is 37.4 Å². The molecule has 0 aromatic carbocycles. The first kappa shape index (κ1) is 10.1. The molecule has 0 aromatic rings. The van der Waals surface area contributed by atoms with Gasteiger partial charge in [0.25, 0.3) is 0 Å². The third kappa shape index (κ3) is 3.47. The Morgan fingerprint density at radius 3 is 3.15 bits per heavy atom. The quantitative estimate of drug-likeness (QED) is 0.679. The van der Waals surface area contributed by atoms with Crippen LogP contribution in [0.15, 0.2) is 35.6 Å². The SMILES string of the molecule is CC/C=C(C)\C=C1\C=CNC(N)C1. The van der Waals surface area contributed by atoms with Crippen LogP contribution in [0.1, 0.15) is 26.7 Å². The average molecular weight is 178 g/mol. The number of hydrogen-bond donors (Lipinski definition) is 2. The van der Waals surface area contributed by atoms with Gasteiger partial charge in [-0.25, -0.2) is 0 Å². The van der Waals surface area contributed by atoms with Gasteiger partial charge in [0.05, 0.1) is 6.17 Å². The topological polar surface area (TPSA) is 38.0 Å². The Bertz CT molecular complexity index is 249. The molecule has 0 aliphatic carbocycles. The van der Waals surface area contributed by atoms with E-state index in [4.69, 9.17) is 5.73 Å². The van der Waals surface area contributed by atoms with Crippen LogP contribution in [-0.4, -0.2) is 6.17 Å². The van der Waals surface area contributed by atoms with E-state index in [0.29, 0.717) is 0 Å². The van der Waals surface area contributed by atoms with Gasteiger partial charge in [-0.05, 0) is 31.2 Å². The van der Waals surface area contributed by atoms with E-state index in [1.165, 1.54) is 11.1 Å². The Morgan fingerprint density at radius 2 is 2.54 bits per heavy atom. The fourth-order valence-corrected chi connectivity index (χ4v) is 1.44. The number of nitrogens with two attached hydrogens (primary N) is 1. The molecule has 0 bridgehead atoms. The molecule has 72 valence electrons. The molecule has 1 heterocycles. The van der Waals surface area contributed by atoms with Gasteiger partial charge in [0.1, 0.15) is 0 Å². The van der Waals surface area contributed by atoms with Crippen LogP contribution in [0.3, 0.4) is 0 Å². The van der Waals surface area contributed by atoms with Gasteiger partial charge in [-0.2, -0.15) is 0 Å². The van der Waals surface area contributed by atoms with Crippen molar-refractivity contribution in [3.8, 4) is 0 Å². The summed E-state index contributed by atoms with van der Waals surface area (Å²) in [6.07, 6.45) is 10.5. The summed E-state index contributed by atoms with van der Waals surface area (Å²) in [5.41, 5.74) is 8.37. The molecular weight excluding hydrogens is 160 g/mol. The van der Waals surface area contributed by atoms with Crippen LogP contribution in [0.2, 0.25) is 0 Å². The van der Waals surface area contributed by atoms with Crippen molar-refractivity contribution in [3.63, 3.8) is 0 Å². The molecule has 1 atom stereocenters. The van der Waals surface area contributed by atoms with Gasteiger partial charge in [0.2, 0.25) is 0 Å². The number of nitrogens with one attached hydrogen (secondary N) is 1. The Balaban J connectivity index is 2.65. The normalized spacial score (nSPS) is 26.2. The predicted molar refractivity (Wildman–Crippen MR) is 57.0 cm³/mol. The van der Waals surface area contributed by atoms with E-state index in [-0.39, 0.29) is 6.17 Å². The Kier molecular flexibility index (Phi) is 3.77. The molecule has 1 aliphatic heterocycles. The van der Waals surface area contributed by atoms with Crippen LogP contribution in [0.25, 0.3) is 0 Å². The van der Waals surface area contributed by atoms with Gasteiger partial charge in [0.15, 0.2) is 0 Å². The summed E-state index contributed by atoms with van der Waals surface area (Å²) >= 11 is 0. The van der Waals surface area contributed by atoms with Crippen molar-refractivity contribution in [1.82, 2.24) is 5.32 Å². The largest absolute Gasteiger partial charge is 0.376 e. The molecule has 1 aliphatic rings. The molecule has 0 radical (unpaired) electrons. The monoisotopic (exact) mass is 178 g/mol. The van der Waals surface area contributed by atoms with E-state index in [9.17, 15) is 0 Å². The summed E-state index contributed by atoms with van der Waals surface area (Å²) in [7, 11) is 0. The van der Waals surface area contributed by atoms with E-state index in [0.717, 1.165) is 12.8 Å². The van der Waals surface area contributed by atoms with Crippen molar-refractivity contribution < 1.29 is 0 Å². The van der Waals surface area contributed by atoms with E-state index < -0.39 is 0 Å². The summed E-state index contributed by atoms with van der Waals surface area (Å²) in [6, 6.07) is 0. The second kappa shape index (κ2) is 4.87. The van der Waals surface area contributed by atoms with E-state index >= 15 is 0 Å². The molecule has 0 saturated carbocycles. The summed E-state index contributed by atoms with van der Waals surface area (Å²) < 4.78 is 0. The fraction of sp³-hybridized carbons (Fsp3) is 0.455. The lowest BCUT2D eigenvalue weighted by Crippen LogP contribution is -2.35. The first-order chi connectivity index (χ1) is 6.22. The van der Waals surface area contributed by atoms with Crippen molar-refractivity contribution in [1.29, 1.82) is 0 Å². The first-order valence-corrected chi connectivity index (χ1v) is 4.78. The molecule has 0 spiro atoms. The highest BCUT2D eigenvalue weighted by atomic mass is 15.0. The van der Waals surface area contributed by atoms with E-state index in [1.54, 1.807) is 0 Å². The zero-order valence-electron chi connectivity index (χ0n) is 8.38. The summed E-state index contributed by atoms with van der Waals surface area (Å²) in [6.45, 7) is 4.27. The van der Waals surface area contributed by atoms with Gasteiger partial charge >= 0.3 is 0 Å². The van der Waals surface area contributed by atoms with Crippen molar-refractivity contribution >= 4 is 0 Å². The van der Waals surface area contributed by atoms with Gasteiger partial charge in [-0.1, -0.05) is 24.6 Å². The summed E-state index contributed by atoms with van der Waals surface area (Å²) in [5.74, 6) is 0. The van der Waals surface area contributed by atoms with Gasteiger partial charge in [-0.3, -0.25) is 0 Å². The fourth-order valence-electron chi connectivity index (χ4n) is 1.44. The van der Waals surface area contributed by atoms with Crippen LogP contribution < -0.4 is 11.1 Å². The smallest absolute Gasteiger partial charge is 0.0779 e. The van der Waals surface area contributed by atoms with Crippen LogP contribution >= 0.6 is 0 Å². The Labute approximate surface area is 80.2 Å². The van der Waals surface area contributed by atoms with Crippen molar-refractivity contribution in [2.75, 3.05) is 0 Å². The molecule has 2 nitrogen and oxygen atoms in total. The molecule has 13 heavy (non-hydrogen) atoms. The minimum atomic E-state index is 0.0747. The number of rotatable bonds is 2. The minimum Gasteiger partial charge on any atom is -0.376 e. The molecule has 1 rings (SSSR count). The van der Waals surface area contributed by atoms with Crippen LogP contribution in [0.4, 0.5) is 0 Å². The molecule has 0 saturated heterocycles. The summed E-state index contributed by atoms with van der Waals surface area (Å²) in [5, 5.41) is 3.05. The van der Waals surface area contributed by atoms with E-state index in [1.807, 2.05) is 6.20 Å². The molecule has 0 aromatic heterocycles. The summed E-state index contributed by atoms with van der Waals surface area (Å²) in [4.78, 5) is 0. The molecular formula is C11H18N2. The maximum Gasteiger partial charge on any atom is 0.0779 e. The predicted octanol–water partition coefficient (Wildman–Crippen LogP) is 2.06. The zero-order valence-corrected chi connectivity index (χ0v) is 8.38. The average Bonchev–Trinajstić information content (AvgIpc) is 2.04. The minimum absolute atomic E-state index is 0.0747. The lowest BCUT2D eigenvalue weighted by molar-refractivity contribution is 0.594. The lowest BCUT2D eigenvalue weighted by atomic mass is 10.1. The van der Waals surface area contributed by atoms with Gasteiger partial charge in [0, 0.05) is 6.42 Å². The molecule has 0 amide bonds. The first-order valence-electron chi connectivity index (χ1n) is 4.78. The van der Waals surface area contributed by atoms with Crippen molar-refractivity contribution in [2.45, 2.75) is 32.9 Å². The van der Waals surface area contributed by atoms with Gasteiger partial charge < -0.3 is 11.1 Å². The van der Waals surface area contributed by atoms with Crippen LogP contribution in [0.5, 0.6) is 0 Å². The Morgan fingerprint density at radius 1 is 1.77 bits per heavy atom. The van der Waals surface area contributed by atoms with Crippen molar-refractivity contribution in [2.24, 2.45) is 5.73 Å². The molecule has 2 heteroatoms. The second-order valence-corrected chi connectivity index (χ2v) is 3.39. The third-order valence-corrected chi connectivity index (χ3v) is 2.00. The highest BCUT2D eigenvalue weighted by molar-refractivity contribution is 5.31. The molecule has 3 N–H and O–H groups in total. The Hall–Kier alpha value is -1.02. The van der Waals surface area contributed by atoms with Crippen molar-refractivity contribution in [3.05, 3.63) is 35.6 Å². The second-order valence-electron chi connectivity index (χ2n) is 3.39. The third-order valence-electron chi connectivity index (χ3n) is 2.00. The highest BCUT2D eigenvalue weighted by Gasteiger charge is 2.05. The standard InChI is InChI=1S/C11H18N2/c1-3-4-9(2)7-10-5-6-13-11(12)8-10/h4-7,11,13H,3,8,12H2,1-2H3/b9-4-,10-7-. The number of hydrogen-bond acceptors (Lipinski definition) is 2. The maximum absolute atomic E-state index is 5.75. The lowest BCUT2D eigenvalue weighted by Gasteiger charge is -2.17. The van der Waals surface area contributed by atoms with Gasteiger partial charge in [-0.15, -0.1) is 0 Å². The molecule has 1 unspecified atom stereocenters. The highest BCUT2D eigenvalue weighted by Crippen LogP contribution is 2.12. The molecule has 0 fully saturated rings. The zero-order chi connectivity index (χ0) is 9.68. The number of allylic oxidation sites excluding steroid dienone is 4. The van der Waals surface area contributed by atoms with Crippen LogP contribution in [-0.2, 0) is 0 Å². The maximum atomic E-state index is 5.75. The van der Waals surface area contributed by atoms with Crippen LogP contribution in [0, 0.1) is 0 Å².